The number of hydrogen-bond acceptors (Lipinski definition) is 9. The van der Waals surface area contributed by atoms with E-state index in [4.69, 9.17) is 14.7 Å². The predicted molar refractivity (Wildman–Crippen MR) is 277 cm³/mol. The zero-order valence-corrected chi connectivity index (χ0v) is 38.1. The lowest BCUT2D eigenvalue weighted by molar-refractivity contribution is 0.426. The molecule has 5 aromatic heterocycles. The van der Waals surface area contributed by atoms with Gasteiger partial charge in [-0.3, -0.25) is 15.0 Å². The van der Waals surface area contributed by atoms with E-state index in [-0.39, 0.29) is 0 Å². The van der Waals surface area contributed by atoms with Crippen LogP contribution in [0.1, 0.15) is 22.3 Å². The molecule has 7 heterocycles. The van der Waals surface area contributed by atoms with Crippen LogP contribution in [0, 0.1) is 0 Å². The molecule has 11 aromatic rings. The maximum Gasteiger partial charge on any atom is 0.148 e. The van der Waals surface area contributed by atoms with Gasteiger partial charge in [-0.25, -0.2) is 4.98 Å². The number of aromatic nitrogens is 6. The van der Waals surface area contributed by atoms with Crippen molar-refractivity contribution in [3.8, 4) is 78.7 Å². The standard InChI is InChI=1S/C61H37N7OS/c1-2-12-47(46(11-1)44-34-42(38-22-28-62-29-23-38)33-43(35-44)39-24-30-63-31-25-39)52-20-18-50-58(67-52)57-49(14-8-27-64-57)61(50)48-13-3-5-16-55(48)69-59-51(61)19-21-54-60(59)70-56-17-6-4-15-53(56)68(54)45-10-7-9-40(36-45)41-26-32-65-66-37-41/h1-37H. The van der Waals surface area contributed by atoms with Gasteiger partial charge in [0.2, 0.25) is 0 Å². The van der Waals surface area contributed by atoms with Crippen molar-refractivity contribution in [2.45, 2.75) is 15.2 Å². The lowest BCUT2D eigenvalue weighted by Crippen LogP contribution is -2.33. The van der Waals surface area contributed by atoms with Crippen LogP contribution in [0.15, 0.2) is 235 Å². The highest BCUT2D eigenvalue weighted by Crippen LogP contribution is 2.65. The molecule has 2 aliphatic heterocycles. The van der Waals surface area contributed by atoms with E-state index >= 15 is 0 Å². The highest BCUT2D eigenvalue weighted by molar-refractivity contribution is 7.99. The summed E-state index contributed by atoms with van der Waals surface area (Å²) in [4.78, 5) is 24.0. The van der Waals surface area contributed by atoms with Gasteiger partial charge in [0.15, 0.2) is 0 Å². The second-order valence-corrected chi connectivity index (χ2v) is 18.6. The van der Waals surface area contributed by atoms with E-state index in [9.17, 15) is 0 Å². The van der Waals surface area contributed by atoms with Gasteiger partial charge in [-0.15, -0.1) is 0 Å². The zero-order valence-electron chi connectivity index (χ0n) is 37.3. The number of nitrogens with zero attached hydrogens (tertiary/aromatic N) is 7. The number of benzene rings is 6. The Hall–Kier alpha value is -9.05. The molecule has 3 aliphatic rings. The van der Waals surface area contributed by atoms with E-state index in [1.807, 2.05) is 43.1 Å². The average Bonchev–Trinajstić information content (AvgIpc) is 3.72. The summed E-state index contributed by atoms with van der Waals surface area (Å²) >= 11 is 1.75. The highest BCUT2D eigenvalue weighted by atomic mass is 32.2. The van der Waals surface area contributed by atoms with Crippen molar-refractivity contribution in [2.75, 3.05) is 4.90 Å². The van der Waals surface area contributed by atoms with Gasteiger partial charge in [-0.05, 0) is 147 Å². The monoisotopic (exact) mass is 915 g/mol. The summed E-state index contributed by atoms with van der Waals surface area (Å²) in [5.41, 5.74) is 18.8. The minimum absolute atomic E-state index is 0.780. The minimum Gasteiger partial charge on any atom is -0.455 e. The van der Waals surface area contributed by atoms with Gasteiger partial charge in [-0.2, -0.15) is 10.2 Å². The lowest BCUT2D eigenvalue weighted by Gasteiger charge is -2.41. The lowest BCUT2D eigenvalue weighted by atomic mass is 9.66. The van der Waals surface area contributed by atoms with E-state index in [2.05, 4.69) is 195 Å². The van der Waals surface area contributed by atoms with Crippen LogP contribution in [-0.2, 0) is 5.41 Å². The molecule has 0 radical (unpaired) electrons. The molecular weight excluding hydrogens is 879 g/mol. The fourth-order valence-corrected chi connectivity index (χ4v) is 11.9. The van der Waals surface area contributed by atoms with Crippen molar-refractivity contribution < 1.29 is 4.74 Å². The first-order valence-electron chi connectivity index (χ1n) is 23.1. The third-order valence-electron chi connectivity index (χ3n) is 13.8. The van der Waals surface area contributed by atoms with Gasteiger partial charge in [0.05, 0.1) is 51.2 Å². The number of hydrogen-bond donors (Lipinski definition) is 0. The Morgan fingerprint density at radius 2 is 1.14 bits per heavy atom. The van der Waals surface area contributed by atoms with Crippen molar-refractivity contribution in [2.24, 2.45) is 0 Å². The molecule has 1 aliphatic carbocycles. The molecule has 8 nitrogen and oxygen atoms in total. The van der Waals surface area contributed by atoms with Crippen molar-refractivity contribution >= 4 is 28.8 Å². The Balaban J connectivity index is 0.954. The molecule has 1 atom stereocenters. The molecule has 9 heteroatoms. The second-order valence-electron chi connectivity index (χ2n) is 17.5. The van der Waals surface area contributed by atoms with Crippen LogP contribution >= 0.6 is 11.8 Å². The van der Waals surface area contributed by atoms with Crippen LogP contribution in [0.5, 0.6) is 11.5 Å². The van der Waals surface area contributed by atoms with Crippen LogP contribution in [0.25, 0.3) is 67.2 Å². The maximum atomic E-state index is 7.22. The van der Waals surface area contributed by atoms with Crippen LogP contribution in [0.2, 0.25) is 0 Å². The van der Waals surface area contributed by atoms with E-state index < -0.39 is 5.41 Å². The summed E-state index contributed by atoms with van der Waals surface area (Å²) in [6, 6.07) is 64.5. The van der Waals surface area contributed by atoms with Crippen molar-refractivity contribution in [1.82, 2.24) is 30.1 Å². The van der Waals surface area contributed by atoms with Crippen LogP contribution in [0.3, 0.4) is 0 Å². The summed E-state index contributed by atoms with van der Waals surface area (Å²) in [6.07, 6.45) is 12.8. The predicted octanol–water partition coefficient (Wildman–Crippen LogP) is 14.8. The van der Waals surface area contributed by atoms with E-state index in [1.54, 1.807) is 24.2 Å². The van der Waals surface area contributed by atoms with E-state index in [0.29, 0.717) is 0 Å². The summed E-state index contributed by atoms with van der Waals surface area (Å²) in [5.74, 6) is 1.63. The van der Waals surface area contributed by atoms with Gasteiger partial charge in [0.25, 0.3) is 0 Å². The second kappa shape index (κ2) is 16.0. The SMILES string of the molecule is c1cc(-c2ccnnc2)cc(N2c3ccccc3Sc3c2ccc2c3Oc3ccccc3C23c2cccnc2-c2nc(-c4ccccc4-c4cc(-c5ccncc5)cc(-c5ccncc5)c4)ccc23)c1. The van der Waals surface area contributed by atoms with Gasteiger partial charge >= 0.3 is 0 Å². The van der Waals surface area contributed by atoms with E-state index in [0.717, 1.165) is 128 Å². The summed E-state index contributed by atoms with van der Waals surface area (Å²) in [6.45, 7) is 0. The largest absolute Gasteiger partial charge is 0.455 e. The van der Waals surface area contributed by atoms with Crippen molar-refractivity contribution in [3.63, 3.8) is 0 Å². The summed E-state index contributed by atoms with van der Waals surface area (Å²) < 4.78 is 7.22. The third-order valence-corrected chi connectivity index (χ3v) is 15.0. The van der Waals surface area contributed by atoms with Crippen LogP contribution in [0.4, 0.5) is 17.1 Å². The Bertz CT molecular complexity index is 3810. The van der Waals surface area contributed by atoms with Crippen molar-refractivity contribution in [3.05, 3.63) is 248 Å². The Labute approximate surface area is 408 Å². The molecule has 328 valence electrons. The topological polar surface area (TPSA) is 89.8 Å². The van der Waals surface area contributed by atoms with E-state index in [1.165, 1.54) is 0 Å². The Kier molecular flexibility index (Phi) is 9.18. The van der Waals surface area contributed by atoms with Gasteiger partial charge in [0, 0.05) is 63.8 Å². The average molecular weight is 916 g/mol. The molecule has 0 saturated heterocycles. The first-order chi connectivity index (χ1) is 34.7. The normalized spacial score (nSPS) is 14.7. The fraction of sp³-hybridized carbons (Fsp3) is 0.0164. The van der Waals surface area contributed by atoms with Crippen LogP contribution in [-0.4, -0.2) is 30.1 Å². The smallest absolute Gasteiger partial charge is 0.148 e. The van der Waals surface area contributed by atoms with Crippen LogP contribution < -0.4 is 9.64 Å². The number of pyridine rings is 4. The summed E-state index contributed by atoms with van der Waals surface area (Å²) in [5, 5.41) is 8.20. The molecule has 0 bridgehead atoms. The maximum absolute atomic E-state index is 7.22. The van der Waals surface area contributed by atoms with Gasteiger partial charge in [0.1, 0.15) is 11.5 Å². The zero-order chi connectivity index (χ0) is 46.2. The Morgan fingerprint density at radius 1 is 0.443 bits per heavy atom. The first kappa shape index (κ1) is 40.1. The molecule has 0 N–H and O–H groups in total. The third kappa shape index (κ3) is 6.18. The molecule has 0 fully saturated rings. The molecule has 1 unspecified atom stereocenters. The minimum atomic E-state index is -0.780. The molecule has 1 spiro atoms. The molecule has 6 aromatic carbocycles. The molecule has 0 amide bonds. The van der Waals surface area contributed by atoms with Gasteiger partial charge < -0.3 is 9.64 Å². The number of para-hydroxylation sites is 2. The van der Waals surface area contributed by atoms with Crippen molar-refractivity contribution in [1.29, 1.82) is 0 Å². The number of ether oxygens (including phenoxy) is 1. The Morgan fingerprint density at radius 3 is 1.96 bits per heavy atom. The fourth-order valence-electron chi connectivity index (χ4n) is 10.8. The summed E-state index contributed by atoms with van der Waals surface area (Å²) in [7, 11) is 0. The first-order valence-corrected chi connectivity index (χ1v) is 23.9. The molecule has 0 saturated carbocycles. The molecule has 70 heavy (non-hydrogen) atoms. The number of fused-ring (bicyclic) bond motifs is 12. The molecule has 14 rings (SSSR count). The quantitative estimate of drug-likeness (QED) is 0.162. The number of rotatable bonds is 6. The van der Waals surface area contributed by atoms with Gasteiger partial charge in [-0.1, -0.05) is 96.7 Å². The number of anilines is 3. The molecular formula is C61H37N7OS. The highest BCUT2D eigenvalue weighted by Gasteiger charge is 2.53.